The molecule has 1 aromatic carbocycles. The van der Waals surface area contributed by atoms with E-state index < -0.39 is 0 Å². The zero-order chi connectivity index (χ0) is 11.9. The summed E-state index contributed by atoms with van der Waals surface area (Å²) in [6.45, 7) is 6.88. The van der Waals surface area contributed by atoms with Crippen molar-refractivity contribution >= 4 is 27.0 Å². The molecule has 0 fully saturated rings. The Bertz CT molecular complexity index is 501. The Morgan fingerprint density at radius 2 is 1.88 bits per heavy atom. The molecule has 2 rings (SSSR count). The summed E-state index contributed by atoms with van der Waals surface area (Å²) in [6.07, 6.45) is 0. The fourth-order valence-corrected chi connectivity index (χ4v) is 2.30. The number of aromatic nitrogens is 1. The van der Waals surface area contributed by atoms with E-state index in [1.807, 2.05) is 14.0 Å². The van der Waals surface area contributed by atoms with Gasteiger partial charge in [0.15, 0.2) is 5.58 Å². The number of benzene rings is 1. The summed E-state index contributed by atoms with van der Waals surface area (Å²) in [4.78, 5) is 4.51. The molecule has 0 unspecified atom stereocenters. The van der Waals surface area contributed by atoms with Gasteiger partial charge in [0.1, 0.15) is 5.52 Å². The summed E-state index contributed by atoms with van der Waals surface area (Å²) in [5.41, 5.74) is 5.39. The third-order valence-corrected chi connectivity index (χ3v) is 4.11. The van der Waals surface area contributed by atoms with Crippen molar-refractivity contribution in [2.45, 2.75) is 27.3 Å². The highest BCUT2D eigenvalue weighted by atomic mass is 79.9. The molecule has 0 saturated heterocycles. The van der Waals surface area contributed by atoms with Crippen molar-refractivity contribution in [1.82, 2.24) is 10.3 Å². The summed E-state index contributed by atoms with van der Waals surface area (Å²) in [5.74, 6) is 0.737. The van der Waals surface area contributed by atoms with Gasteiger partial charge in [0.05, 0.1) is 6.54 Å². The van der Waals surface area contributed by atoms with Crippen molar-refractivity contribution < 1.29 is 4.42 Å². The Balaban J connectivity index is 2.76. The van der Waals surface area contributed by atoms with Crippen molar-refractivity contribution in [2.75, 3.05) is 7.05 Å². The average molecular weight is 283 g/mol. The van der Waals surface area contributed by atoms with Crippen LogP contribution in [0.3, 0.4) is 0 Å². The Kier molecular flexibility index (Phi) is 3.04. The highest BCUT2D eigenvalue weighted by molar-refractivity contribution is 9.10. The maximum absolute atomic E-state index is 5.75. The predicted octanol–water partition coefficient (Wildman–Crippen LogP) is 3.23. The third-order valence-electron chi connectivity index (χ3n) is 2.92. The number of aryl methyl sites for hydroxylation is 2. The van der Waals surface area contributed by atoms with Gasteiger partial charge in [-0.2, -0.15) is 0 Å². The molecule has 1 heterocycles. The molecule has 0 spiro atoms. The standard InChI is InChI=1S/C12H15BrN2O/c1-6-7(2)11-12(8(3)10(6)13)16-9(15-11)5-14-4/h14H,5H2,1-4H3. The van der Waals surface area contributed by atoms with E-state index in [9.17, 15) is 0 Å². The number of rotatable bonds is 2. The SMILES string of the molecule is CNCc1nc2c(C)c(C)c(Br)c(C)c2o1. The van der Waals surface area contributed by atoms with Crippen molar-refractivity contribution in [1.29, 1.82) is 0 Å². The van der Waals surface area contributed by atoms with Crippen LogP contribution in [-0.4, -0.2) is 12.0 Å². The molecule has 16 heavy (non-hydrogen) atoms. The molecule has 0 bridgehead atoms. The predicted molar refractivity (Wildman–Crippen MR) is 68.7 cm³/mol. The zero-order valence-electron chi connectivity index (χ0n) is 9.94. The molecule has 0 aliphatic carbocycles. The van der Waals surface area contributed by atoms with Crippen molar-refractivity contribution in [2.24, 2.45) is 0 Å². The molecule has 2 aromatic rings. The molecule has 0 aliphatic heterocycles. The maximum atomic E-state index is 5.75. The number of nitrogens with one attached hydrogen (secondary N) is 1. The second-order valence-electron chi connectivity index (χ2n) is 4.00. The van der Waals surface area contributed by atoms with Crippen molar-refractivity contribution in [3.8, 4) is 0 Å². The minimum absolute atomic E-state index is 0.657. The molecule has 1 aromatic heterocycles. The molecule has 0 radical (unpaired) electrons. The highest BCUT2D eigenvalue weighted by Gasteiger charge is 2.15. The lowest BCUT2D eigenvalue weighted by molar-refractivity contribution is 0.510. The zero-order valence-corrected chi connectivity index (χ0v) is 11.5. The summed E-state index contributed by atoms with van der Waals surface area (Å²) >= 11 is 3.60. The fraction of sp³-hybridized carbons (Fsp3) is 0.417. The lowest BCUT2D eigenvalue weighted by Gasteiger charge is -2.06. The smallest absolute Gasteiger partial charge is 0.209 e. The molecule has 0 atom stereocenters. The van der Waals surface area contributed by atoms with Crippen LogP contribution >= 0.6 is 15.9 Å². The average Bonchev–Trinajstić information content (AvgIpc) is 2.68. The number of nitrogens with zero attached hydrogens (tertiary/aromatic N) is 1. The van der Waals surface area contributed by atoms with Crippen LogP contribution in [0.1, 0.15) is 22.6 Å². The minimum Gasteiger partial charge on any atom is -0.439 e. The summed E-state index contributed by atoms with van der Waals surface area (Å²) in [5, 5.41) is 3.05. The fourth-order valence-electron chi connectivity index (χ4n) is 1.82. The van der Waals surface area contributed by atoms with Gasteiger partial charge in [-0.1, -0.05) is 15.9 Å². The lowest BCUT2D eigenvalue weighted by Crippen LogP contribution is -2.04. The first-order chi connectivity index (χ1) is 7.56. The van der Waals surface area contributed by atoms with Crippen LogP contribution in [0.2, 0.25) is 0 Å². The molecular formula is C12H15BrN2O. The number of halogens is 1. The van der Waals surface area contributed by atoms with Crippen LogP contribution in [0.25, 0.3) is 11.1 Å². The molecule has 4 heteroatoms. The van der Waals surface area contributed by atoms with E-state index in [2.05, 4.69) is 40.1 Å². The van der Waals surface area contributed by atoms with Crippen LogP contribution in [0.15, 0.2) is 8.89 Å². The third kappa shape index (κ3) is 1.66. The molecule has 0 aliphatic rings. The molecule has 3 nitrogen and oxygen atoms in total. The monoisotopic (exact) mass is 282 g/mol. The summed E-state index contributed by atoms with van der Waals surface area (Å²) in [7, 11) is 1.88. The first kappa shape index (κ1) is 11.6. The highest BCUT2D eigenvalue weighted by Crippen LogP contribution is 2.33. The number of oxazole rings is 1. The van der Waals surface area contributed by atoms with Gasteiger partial charge in [-0.15, -0.1) is 0 Å². The van der Waals surface area contributed by atoms with Crippen LogP contribution in [0.5, 0.6) is 0 Å². The largest absolute Gasteiger partial charge is 0.439 e. The van der Waals surface area contributed by atoms with Gasteiger partial charge in [0.2, 0.25) is 5.89 Å². The van der Waals surface area contributed by atoms with Gasteiger partial charge in [-0.3, -0.25) is 0 Å². The van der Waals surface area contributed by atoms with Gasteiger partial charge in [-0.05, 0) is 38.9 Å². The van der Waals surface area contributed by atoms with Gasteiger partial charge in [0.25, 0.3) is 0 Å². The Labute approximate surface area is 103 Å². The summed E-state index contributed by atoms with van der Waals surface area (Å²) < 4.78 is 6.87. The van der Waals surface area contributed by atoms with Crippen molar-refractivity contribution in [3.05, 3.63) is 27.1 Å². The Hall–Kier alpha value is -0.870. The van der Waals surface area contributed by atoms with E-state index in [1.165, 1.54) is 11.1 Å². The second-order valence-corrected chi connectivity index (χ2v) is 4.80. The van der Waals surface area contributed by atoms with E-state index in [4.69, 9.17) is 4.42 Å². The second kappa shape index (κ2) is 4.18. The number of hydrogen-bond acceptors (Lipinski definition) is 3. The van der Waals surface area contributed by atoms with Crippen LogP contribution in [0, 0.1) is 20.8 Å². The van der Waals surface area contributed by atoms with Gasteiger partial charge < -0.3 is 9.73 Å². The normalized spacial score (nSPS) is 11.3. The number of fused-ring (bicyclic) bond motifs is 1. The Morgan fingerprint density at radius 3 is 2.50 bits per heavy atom. The summed E-state index contributed by atoms with van der Waals surface area (Å²) in [6, 6.07) is 0. The first-order valence-corrected chi connectivity index (χ1v) is 6.04. The van der Waals surface area contributed by atoms with Gasteiger partial charge in [-0.25, -0.2) is 4.98 Å². The molecule has 1 N–H and O–H groups in total. The molecule has 0 amide bonds. The van der Waals surface area contributed by atoms with E-state index in [1.54, 1.807) is 0 Å². The molecule has 0 saturated carbocycles. The minimum atomic E-state index is 0.657. The lowest BCUT2D eigenvalue weighted by atomic mass is 10.1. The first-order valence-electron chi connectivity index (χ1n) is 5.25. The van der Waals surface area contributed by atoms with E-state index in [0.717, 1.165) is 27.0 Å². The van der Waals surface area contributed by atoms with Gasteiger partial charge >= 0.3 is 0 Å². The van der Waals surface area contributed by atoms with Gasteiger partial charge in [0, 0.05) is 10.0 Å². The van der Waals surface area contributed by atoms with Crippen LogP contribution < -0.4 is 5.32 Å². The quantitative estimate of drug-likeness (QED) is 0.919. The Morgan fingerprint density at radius 1 is 1.19 bits per heavy atom. The number of hydrogen-bond donors (Lipinski definition) is 1. The van der Waals surface area contributed by atoms with Crippen molar-refractivity contribution in [3.63, 3.8) is 0 Å². The van der Waals surface area contributed by atoms with Crippen LogP contribution in [0.4, 0.5) is 0 Å². The topological polar surface area (TPSA) is 38.1 Å². The molecular weight excluding hydrogens is 268 g/mol. The van der Waals surface area contributed by atoms with Crippen LogP contribution in [-0.2, 0) is 6.54 Å². The van der Waals surface area contributed by atoms with E-state index in [-0.39, 0.29) is 0 Å². The van der Waals surface area contributed by atoms with E-state index in [0.29, 0.717) is 6.54 Å². The van der Waals surface area contributed by atoms with E-state index >= 15 is 0 Å². The maximum Gasteiger partial charge on any atom is 0.209 e. The molecule has 86 valence electrons.